The Balaban J connectivity index is 1.58. The number of aldehydes is 2. The standard InChI is InChI=1S/C42H34N4O6/c1-43-31-13-17-35(43)41(27-9-5-25(6-10-27)21-39(49)51-3)37-19-16-34-30(24-48)32-14-18-36(44(32)2)42(28-11-7-26(8-12-28)22-40(50)52-4)38-20-15-33(29(31)23-47)45(38)46(34)37/h5-20,23-24H,21-22H2,1-4H3/q+2. The molecule has 10 heteroatoms. The van der Waals surface area contributed by atoms with Crippen LogP contribution in [0.5, 0.6) is 0 Å². The van der Waals surface area contributed by atoms with E-state index in [9.17, 15) is 19.2 Å². The molecule has 0 N–H and O–H groups in total. The normalized spacial score (nSPS) is 12.2. The number of carbonyl (C=O) groups excluding carboxylic acids is 4. The largest absolute Gasteiger partial charge is 0.469 e. The molecular formula is C42H34N4O6+2. The third-order valence-corrected chi connectivity index (χ3v) is 10.2. The molecule has 0 spiro atoms. The van der Waals surface area contributed by atoms with E-state index in [1.54, 1.807) is 0 Å². The van der Waals surface area contributed by atoms with Crippen LogP contribution in [0.15, 0.2) is 72.8 Å². The predicted molar refractivity (Wildman–Crippen MR) is 197 cm³/mol. The van der Waals surface area contributed by atoms with Crippen LogP contribution in [0.2, 0.25) is 0 Å². The number of ether oxygens (including phenoxy) is 2. The van der Waals surface area contributed by atoms with Crippen molar-refractivity contribution in [3.8, 4) is 22.3 Å². The Hall–Kier alpha value is -6.68. The lowest BCUT2D eigenvalue weighted by molar-refractivity contribution is -0.671. The number of fused-ring (bicyclic) bond motifs is 4. The lowest BCUT2D eigenvalue weighted by Crippen LogP contribution is -2.33. The van der Waals surface area contributed by atoms with Crippen molar-refractivity contribution in [2.24, 2.45) is 14.1 Å². The van der Waals surface area contributed by atoms with Gasteiger partial charge in [-0.25, -0.2) is 9.03 Å². The molecule has 10 nitrogen and oxygen atoms in total. The maximum atomic E-state index is 13.2. The summed E-state index contributed by atoms with van der Waals surface area (Å²) in [6.07, 6.45) is 9.98. The number of aromatic nitrogens is 4. The van der Waals surface area contributed by atoms with Crippen LogP contribution in [0.1, 0.15) is 54.6 Å². The Morgan fingerprint density at radius 3 is 1.23 bits per heavy atom. The first-order chi connectivity index (χ1) is 25.3. The van der Waals surface area contributed by atoms with Crippen LogP contribution >= 0.6 is 0 Å². The van der Waals surface area contributed by atoms with Gasteiger partial charge >= 0.3 is 11.9 Å². The summed E-state index contributed by atoms with van der Waals surface area (Å²) in [7, 11) is 6.63. The molecule has 0 unspecified atom stereocenters. The second kappa shape index (κ2) is 12.6. The van der Waals surface area contributed by atoms with Crippen LogP contribution in [-0.2, 0) is 46.0 Å². The zero-order valence-electron chi connectivity index (χ0n) is 29.0. The number of rotatable bonds is 8. The first-order valence-corrected chi connectivity index (χ1v) is 16.8. The molecule has 8 rings (SSSR count). The van der Waals surface area contributed by atoms with Gasteiger partial charge in [0.2, 0.25) is 22.8 Å². The van der Waals surface area contributed by atoms with Crippen molar-refractivity contribution >= 4 is 70.9 Å². The summed E-state index contributed by atoms with van der Waals surface area (Å²) >= 11 is 0. The topological polar surface area (TPSA) is 103 Å². The van der Waals surface area contributed by atoms with Gasteiger partial charge in [-0.3, -0.25) is 19.2 Å². The van der Waals surface area contributed by atoms with Crippen LogP contribution in [0.25, 0.3) is 68.6 Å². The number of hydrogen-bond donors (Lipinski definition) is 0. The van der Waals surface area contributed by atoms with E-state index in [-0.39, 0.29) is 24.8 Å². The summed E-state index contributed by atoms with van der Waals surface area (Å²) in [5, 5.41) is 0. The van der Waals surface area contributed by atoms with Gasteiger partial charge in [-0.1, -0.05) is 48.5 Å². The fourth-order valence-corrected chi connectivity index (χ4v) is 7.55. The number of nitrogens with zero attached hydrogens (tertiary/aromatic N) is 4. The summed E-state index contributed by atoms with van der Waals surface area (Å²) in [4.78, 5) is 50.5. The van der Waals surface area contributed by atoms with Crippen molar-refractivity contribution in [1.29, 1.82) is 0 Å². The summed E-state index contributed by atoms with van der Waals surface area (Å²) in [6, 6.07) is 23.5. The van der Waals surface area contributed by atoms with Crippen molar-refractivity contribution in [2.45, 2.75) is 12.8 Å². The van der Waals surface area contributed by atoms with E-state index >= 15 is 0 Å². The quantitative estimate of drug-likeness (QED) is 0.119. The number of esters is 2. The molecule has 0 saturated carbocycles. The zero-order chi connectivity index (χ0) is 36.3. The number of hydrogen-bond acceptors (Lipinski definition) is 6. The molecule has 6 aromatic rings. The van der Waals surface area contributed by atoms with Crippen LogP contribution in [0.4, 0.5) is 0 Å². The Morgan fingerprint density at radius 2 is 0.885 bits per heavy atom. The Bertz CT molecular complexity index is 2490. The van der Waals surface area contributed by atoms with Gasteiger partial charge in [-0.2, -0.15) is 9.13 Å². The minimum atomic E-state index is -0.325. The number of benzene rings is 2. The molecule has 2 aliphatic rings. The molecular weight excluding hydrogens is 656 g/mol. The van der Waals surface area contributed by atoms with Crippen molar-refractivity contribution in [3.05, 3.63) is 118 Å². The van der Waals surface area contributed by atoms with E-state index in [0.717, 1.165) is 79.8 Å². The first-order valence-electron chi connectivity index (χ1n) is 16.8. The highest BCUT2D eigenvalue weighted by Crippen LogP contribution is 2.37. The summed E-state index contributed by atoms with van der Waals surface area (Å²) in [6.45, 7) is 0. The molecule has 0 aliphatic carbocycles. The van der Waals surface area contributed by atoms with E-state index in [1.165, 1.54) is 14.2 Å². The van der Waals surface area contributed by atoms with Gasteiger partial charge in [0, 0.05) is 24.3 Å². The molecule has 2 aliphatic heterocycles. The fraction of sp³-hybridized carbons (Fsp3) is 0.143. The lowest BCUT2D eigenvalue weighted by atomic mass is 10.0. The van der Waals surface area contributed by atoms with E-state index < -0.39 is 0 Å². The van der Waals surface area contributed by atoms with Crippen LogP contribution in [0, 0.1) is 0 Å². The molecule has 0 atom stereocenters. The van der Waals surface area contributed by atoms with Gasteiger partial charge in [0.15, 0.2) is 12.6 Å². The van der Waals surface area contributed by atoms with Gasteiger partial charge in [0.25, 0.3) is 0 Å². The van der Waals surface area contributed by atoms with Crippen molar-refractivity contribution in [2.75, 3.05) is 14.2 Å². The maximum Gasteiger partial charge on any atom is 0.309 e. The Labute approximate surface area is 298 Å². The third kappa shape index (κ3) is 4.94. The zero-order valence-corrected chi connectivity index (χ0v) is 29.0. The number of carbonyl (C=O) groups is 4. The van der Waals surface area contributed by atoms with Gasteiger partial charge in [0.05, 0.1) is 60.3 Å². The maximum absolute atomic E-state index is 13.2. The second-order valence-electron chi connectivity index (χ2n) is 12.9. The van der Waals surface area contributed by atoms with Gasteiger partial charge in [0.1, 0.15) is 25.2 Å². The molecule has 6 heterocycles. The Kier molecular flexibility index (Phi) is 7.87. The van der Waals surface area contributed by atoms with Gasteiger partial charge in [-0.05, 0) is 46.5 Å². The SMILES string of the molecule is COC(=O)Cc1ccc(-c2c3[n+](C)c(c(C=O)c4ccc5c(-c6ccc(CC(=O)OC)cc6)c6[n+](C)c(c(C=O)c7ccc2n7n45)C=C6)C=C3)cc1. The molecule has 2 aromatic carbocycles. The highest BCUT2D eigenvalue weighted by atomic mass is 16.5. The van der Waals surface area contributed by atoms with E-state index in [2.05, 4.69) is 0 Å². The second-order valence-corrected chi connectivity index (χ2v) is 12.9. The highest BCUT2D eigenvalue weighted by Gasteiger charge is 2.30. The molecule has 4 aromatic heterocycles. The highest BCUT2D eigenvalue weighted by molar-refractivity contribution is 6.01. The molecule has 0 fully saturated rings. The third-order valence-electron chi connectivity index (χ3n) is 10.2. The van der Waals surface area contributed by atoms with Gasteiger partial charge in [-0.15, -0.1) is 0 Å². The average molecular weight is 691 g/mol. The summed E-state index contributed by atoms with van der Waals surface area (Å²) in [5.41, 5.74) is 12.1. The first kappa shape index (κ1) is 32.5. The average Bonchev–Trinajstić information content (AvgIpc) is 3.95. The minimum Gasteiger partial charge on any atom is -0.469 e. The van der Waals surface area contributed by atoms with Crippen LogP contribution < -0.4 is 9.13 Å². The van der Waals surface area contributed by atoms with Crippen LogP contribution in [-0.4, -0.2) is 47.8 Å². The smallest absolute Gasteiger partial charge is 0.309 e. The number of methoxy groups -OCH3 is 2. The van der Waals surface area contributed by atoms with E-state index in [4.69, 9.17) is 9.47 Å². The van der Waals surface area contributed by atoms with Gasteiger partial charge < -0.3 is 9.47 Å². The molecule has 0 radical (unpaired) electrons. The van der Waals surface area contributed by atoms with E-state index in [0.29, 0.717) is 22.2 Å². The summed E-state index contributed by atoms with van der Waals surface area (Å²) < 4.78 is 17.9. The summed E-state index contributed by atoms with van der Waals surface area (Å²) in [5.74, 6) is -0.649. The molecule has 4 bridgehead atoms. The van der Waals surface area contributed by atoms with Crippen LogP contribution in [0.3, 0.4) is 0 Å². The minimum absolute atomic E-state index is 0.146. The Morgan fingerprint density at radius 1 is 0.538 bits per heavy atom. The van der Waals surface area contributed by atoms with E-state index in [1.807, 2.05) is 129 Å². The monoisotopic (exact) mass is 690 g/mol. The fourth-order valence-electron chi connectivity index (χ4n) is 7.55. The molecule has 256 valence electrons. The van der Waals surface area contributed by atoms with Crippen molar-refractivity contribution in [1.82, 2.24) is 9.03 Å². The molecule has 0 saturated heterocycles. The predicted octanol–water partition coefficient (Wildman–Crippen LogP) is 5.48. The molecule has 52 heavy (non-hydrogen) atoms. The lowest BCUT2D eigenvalue weighted by Gasteiger charge is -2.10. The molecule has 0 amide bonds. The van der Waals surface area contributed by atoms with Crippen molar-refractivity contribution in [3.63, 3.8) is 0 Å². The van der Waals surface area contributed by atoms with Crippen molar-refractivity contribution < 1.29 is 37.8 Å².